The minimum absolute atomic E-state index is 0.506. The molecule has 24 rings (SSSR count). The van der Waals surface area contributed by atoms with E-state index in [0.717, 1.165) is 205 Å². The van der Waals surface area contributed by atoms with Crippen molar-refractivity contribution < 1.29 is 9.47 Å². The average Bonchev–Trinajstić information content (AvgIpc) is 1.62. The molecule has 12 aromatic heterocycles. The van der Waals surface area contributed by atoms with Crippen molar-refractivity contribution in [2.45, 2.75) is 78.6 Å². The number of ether oxygens (including phenoxy) is 2. The second kappa shape index (κ2) is 45.1. The summed E-state index contributed by atoms with van der Waals surface area (Å²) in [6, 6.07) is 106. The molecular weight excluding hydrogens is 1780 g/mol. The molecule has 21 heteroatoms. The molecule has 0 amide bonds. The molecule has 0 saturated heterocycles. The monoisotopic (exact) mass is 1900 g/mol. The van der Waals surface area contributed by atoms with Gasteiger partial charge in [0.2, 0.25) is 0 Å². The van der Waals surface area contributed by atoms with E-state index >= 15 is 0 Å². The van der Waals surface area contributed by atoms with Crippen molar-refractivity contribution in [3.05, 3.63) is 384 Å². The fourth-order valence-electron chi connectivity index (χ4n) is 19.3. The van der Waals surface area contributed by atoms with Crippen molar-refractivity contribution in [3.8, 4) is 78.3 Å². The zero-order valence-corrected chi connectivity index (χ0v) is 81.5. The van der Waals surface area contributed by atoms with Crippen LogP contribution < -0.4 is 43.9 Å². The van der Waals surface area contributed by atoms with Gasteiger partial charge in [-0.05, 0) is 327 Å². The number of nitrogens with one attached hydrogen (secondary N) is 6. The minimum Gasteiger partial charge on any atom is -0.494 e. The number of fused-ring (bicyclic) bond motifs is 18. The van der Waals surface area contributed by atoms with E-state index in [1.54, 1.807) is 0 Å². The Bertz CT molecular complexity index is 8250. The number of hydrogen-bond acceptors (Lipinski definition) is 14. The second-order valence-corrected chi connectivity index (χ2v) is 36.7. The van der Waals surface area contributed by atoms with E-state index in [1.807, 2.05) is 110 Å². The maximum atomic E-state index is 6.21. The number of rotatable bonds is 25. The lowest BCUT2D eigenvalue weighted by molar-refractivity contribution is 0.313. The summed E-state index contributed by atoms with van der Waals surface area (Å²) < 4.78 is 11.4. The number of H-pyrrole nitrogens is 6. The highest BCUT2D eigenvalue weighted by Gasteiger charge is 2.21. The van der Waals surface area contributed by atoms with Gasteiger partial charge in [0.05, 0.1) is 6.61 Å². The van der Waals surface area contributed by atoms with Crippen LogP contribution in [-0.4, -0.2) is 112 Å². The predicted molar refractivity (Wildman–Crippen MR) is 597 cm³/mol. The highest BCUT2D eigenvalue weighted by atomic mass is 35.5. The van der Waals surface area contributed by atoms with Crippen LogP contribution in [0.3, 0.4) is 0 Å². The number of aromatic nitrogens is 12. The molecule has 0 unspecified atom stereocenters. The molecule has 0 aliphatic rings. The van der Waals surface area contributed by atoms with Crippen LogP contribution in [0.4, 0.5) is 0 Å². The van der Waals surface area contributed by atoms with Crippen LogP contribution in [-0.2, 0) is 25.7 Å². The van der Waals surface area contributed by atoms with E-state index in [9.17, 15) is 0 Å². The van der Waals surface area contributed by atoms with Crippen molar-refractivity contribution in [2.24, 2.45) is 34.4 Å². The van der Waals surface area contributed by atoms with Crippen molar-refractivity contribution in [1.82, 2.24) is 59.8 Å². The standard InChI is InChI=1S/3C21H21N3.C20H18ClN3.C20H19N3O.C19H17N3O/c1-14-7-8-19-18(12-14)20-17(9-11-23-21(20)24-19)16-6-2-4-15(13-16)5-3-10-22;2*1-14-7-8-18-19(12-14)24-21-20(18)17(9-11-23-21)16-6-2-4-15(13-16)5-3-10-22;21-15-6-7-18-17(12-15)19-16(8-10-23-20(19)24-18)14-5-1-3-13(11-14)4-2-9-22;21-10-4-12-24-15-6-3-5-14(13-15)16-9-11-22-20-19(16)17-7-1-2-8-18(17)23-20;20-9-11-23-14-5-3-4-13(12-14)15-8-10-21-19-18(15)16-6-1-2-7-17(16)22-19/h3*2,4,6-9,11-13H,3,5,10,22H2,1H3,(H,23,24);1,3,5-8,10-12H,2,4,9,22H2,(H,23,24);1-3,5-9,11,13H,4,10,12,21H2,(H,22,23);1-8,10,12H,9,11,20H2,(H,21,22). The summed E-state index contributed by atoms with van der Waals surface area (Å²) in [6.45, 7) is 11.5. The van der Waals surface area contributed by atoms with Crippen molar-refractivity contribution in [3.63, 3.8) is 0 Å². The van der Waals surface area contributed by atoms with Gasteiger partial charge in [0.15, 0.2) is 0 Å². The molecule has 20 nitrogen and oxygen atoms in total. The van der Waals surface area contributed by atoms with Gasteiger partial charge in [-0.25, -0.2) is 29.9 Å². The fraction of sp³-hybridized carbons (Fsp3) is 0.164. The summed E-state index contributed by atoms with van der Waals surface area (Å²) in [4.78, 5) is 47.5. The molecule has 0 bridgehead atoms. The third-order valence-corrected chi connectivity index (χ3v) is 26.4. The molecule has 0 aliphatic heterocycles. The molecule has 0 radical (unpaired) electrons. The van der Waals surface area contributed by atoms with Crippen LogP contribution in [0.5, 0.6) is 11.5 Å². The third-order valence-electron chi connectivity index (χ3n) is 26.1. The topological polar surface area (TPSA) is 347 Å². The first-order valence-electron chi connectivity index (χ1n) is 49.2. The Kier molecular flexibility index (Phi) is 30.2. The predicted octanol–water partition coefficient (Wildman–Crippen LogP) is 26.5. The molecule has 12 heterocycles. The van der Waals surface area contributed by atoms with Gasteiger partial charge >= 0.3 is 0 Å². The number of aryl methyl sites for hydroxylation is 7. The van der Waals surface area contributed by atoms with Crippen LogP contribution in [0.1, 0.15) is 71.0 Å². The van der Waals surface area contributed by atoms with Gasteiger partial charge in [0.1, 0.15) is 52.0 Å². The van der Waals surface area contributed by atoms with Crippen LogP contribution in [0, 0.1) is 20.8 Å². The molecule has 0 saturated carbocycles. The van der Waals surface area contributed by atoms with E-state index in [-0.39, 0.29) is 0 Å². The Balaban J connectivity index is 0.000000109. The van der Waals surface area contributed by atoms with Crippen LogP contribution in [0.15, 0.2) is 340 Å². The summed E-state index contributed by atoms with van der Waals surface area (Å²) in [5, 5.41) is 14.9. The number of aromatic amines is 6. The normalized spacial score (nSPS) is 11.3. The van der Waals surface area contributed by atoms with Gasteiger partial charge in [-0.15, -0.1) is 0 Å². The van der Waals surface area contributed by atoms with Crippen LogP contribution in [0.25, 0.3) is 198 Å². The largest absolute Gasteiger partial charge is 0.494 e. The van der Waals surface area contributed by atoms with Gasteiger partial charge < -0.3 is 73.8 Å². The molecule has 0 atom stereocenters. The zero-order chi connectivity index (χ0) is 98.1. The van der Waals surface area contributed by atoms with Crippen molar-refractivity contribution >= 4 is 143 Å². The number of nitrogens with zero attached hydrogens (tertiary/aromatic N) is 6. The van der Waals surface area contributed by atoms with Gasteiger partial charge in [-0.2, -0.15) is 0 Å². The molecule has 0 fully saturated rings. The molecule has 12 aromatic carbocycles. The summed E-state index contributed by atoms with van der Waals surface area (Å²) in [6.07, 6.45) is 20.1. The van der Waals surface area contributed by atoms with E-state index in [1.165, 1.54) is 127 Å². The van der Waals surface area contributed by atoms with E-state index < -0.39 is 0 Å². The fourth-order valence-corrected chi connectivity index (χ4v) is 19.5. The van der Waals surface area contributed by atoms with Crippen LogP contribution in [0.2, 0.25) is 5.02 Å². The number of pyridine rings is 6. The number of nitrogens with two attached hydrogens (primary N) is 6. The minimum atomic E-state index is 0.506. The lowest BCUT2D eigenvalue weighted by Gasteiger charge is -2.09. The van der Waals surface area contributed by atoms with E-state index in [0.29, 0.717) is 32.8 Å². The quantitative estimate of drug-likeness (QED) is 0.0237. The van der Waals surface area contributed by atoms with Crippen molar-refractivity contribution in [2.75, 3.05) is 52.5 Å². The number of hydrogen-bond donors (Lipinski definition) is 12. The highest BCUT2D eigenvalue weighted by Crippen LogP contribution is 2.43. The Morgan fingerprint density at radius 2 is 0.510 bits per heavy atom. The van der Waals surface area contributed by atoms with E-state index in [4.69, 9.17) is 55.5 Å². The summed E-state index contributed by atoms with van der Waals surface area (Å²) in [7, 11) is 0. The van der Waals surface area contributed by atoms with Gasteiger partial charge in [0, 0.05) is 146 Å². The first-order valence-corrected chi connectivity index (χ1v) is 49.6. The van der Waals surface area contributed by atoms with Crippen molar-refractivity contribution in [1.29, 1.82) is 0 Å². The molecule has 18 N–H and O–H groups in total. The number of para-hydroxylation sites is 2. The first-order chi connectivity index (χ1) is 70.3. The zero-order valence-electron chi connectivity index (χ0n) is 80.7. The summed E-state index contributed by atoms with van der Waals surface area (Å²) >= 11 is 6.21. The van der Waals surface area contributed by atoms with Gasteiger partial charge in [-0.1, -0.05) is 205 Å². The highest BCUT2D eigenvalue weighted by molar-refractivity contribution is 6.32. The Hall–Kier alpha value is -16.0. The molecule has 714 valence electrons. The molecule has 143 heavy (non-hydrogen) atoms. The van der Waals surface area contributed by atoms with Crippen LogP contribution >= 0.6 is 11.6 Å². The van der Waals surface area contributed by atoms with E-state index in [2.05, 4.69) is 311 Å². The summed E-state index contributed by atoms with van der Waals surface area (Å²) in [5.74, 6) is 1.70. The number of benzene rings is 12. The summed E-state index contributed by atoms with van der Waals surface area (Å²) in [5.41, 5.74) is 69.1. The maximum absolute atomic E-state index is 6.21. The Morgan fingerprint density at radius 1 is 0.231 bits per heavy atom. The maximum Gasteiger partial charge on any atom is 0.138 e. The molecule has 0 spiro atoms. The third kappa shape index (κ3) is 21.7. The second-order valence-electron chi connectivity index (χ2n) is 36.2. The van der Waals surface area contributed by atoms with Gasteiger partial charge in [-0.3, -0.25) is 0 Å². The number of halogens is 1. The molecule has 24 aromatic rings. The molecule has 0 aliphatic carbocycles. The molecular formula is C122H117ClN18O2. The Labute approximate surface area is 835 Å². The Morgan fingerprint density at radius 3 is 0.860 bits per heavy atom. The average molecular weight is 1900 g/mol. The SMILES string of the molecule is Cc1ccc2[nH]c3nccc(-c4cccc(CCCN)c4)c3c2c1.Cc1ccc2c(c1)[nH]c1nccc(-c3cccc(CCCN)c3)c12.Cc1ccc2c(c1)[nH]c1nccc(-c3cccc(CCCN)c3)c12.NCCCOc1cccc(-c2ccnc3[nH]c4ccccc4c23)c1.NCCCc1cccc(-c2ccnc3[nH]c4ccc(Cl)cc4c23)c1.NCCOc1cccc(-c2ccnc3[nH]c4ccccc4c23)c1. The lowest BCUT2D eigenvalue weighted by atomic mass is 9.98. The lowest BCUT2D eigenvalue weighted by Crippen LogP contribution is -2.10. The van der Waals surface area contributed by atoms with Gasteiger partial charge in [0.25, 0.3) is 0 Å². The first kappa shape index (κ1) is 95.9. The smallest absolute Gasteiger partial charge is 0.138 e.